The first-order chi connectivity index (χ1) is 10.2. The predicted octanol–water partition coefficient (Wildman–Crippen LogP) is 1.04. The minimum Gasteiger partial charge on any atom is -0.387 e. The monoisotopic (exact) mass is 288 g/mol. The molecule has 3 heterocycles. The molecule has 3 rings (SSSR count). The van der Waals surface area contributed by atoms with E-state index in [-0.39, 0.29) is 0 Å². The summed E-state index contributed by atoms with van der Waals surface area (Å²) in [4.78, 5) is 10.8. The highest BCUT2D eigenvalue weighted by Gasteiger charge is 2.21. The number of rotatable bonds is 4. The molecule has 1 saturated heterocycles. The number of anilines is 1. The van der Waals surface area contributed by atoms with E-state index >= 15 is 0 Å². The van der Waals surface area contributed by atoms with Crippen LogP contribution in [0.4, 0.5) is 5.95 Å². The molecule has 1 aliphatic heterocycles. The predicted molar refractivity (Wildman–Crippen MR) is 77.6 cm³/mol. The van der Waals surface area contributed by atoms with E-state index in [9.17, 15) is 5.11 Å². The van der Waals surface area contributed by atoms with Gasteiger partial charge in [0.05, 0.1) is 12.3 Å². The first-order valence-corrected chi connectivity index (χ1v) is 7.32. The Balaban J connectivity index is 1.54. The zero-order valence-electron chi connectivity index (χ0n) is 12.1. The molecule has 7 nitrogen and oxygen atoms in total. The fraction of sp³-hybridized carbons (Fsp3) is 0.571. The molecular weight excluding hydrogens is 268 g/mol. The molecule has 1 aliphatic rings. The average Bonchev–Trinajstić information content (AvgIpc) is 2.98. The Hall–Kier alpha value is -2.02. The highest BCUT2D eigenvalue weighted by molar-refractivity contribution is 5.28. The van der Waals surface area contributed by atoms with E-state index in [4.69, 9.17) is 0 Å². The first-order valence-electron chi connectivity index (χ1n) is 7.32. The van der Waals surface area contributed by atoms with Crippen molar-refractivity contribution in [3.63, 3.8) is 0 Å². The van der Waals surface area contributed by atoms with E-state index in [1.54, 1.807) is 19.3 Å². The van der Waals surface area contributed by atoms with Gasteiger partial charge in [0, 0.05) is 32.0 Å². The van der Waals surface area contributed by atoms with Crippen LogP contribution >= 0.6 is 0 Å². The highest BCUT2D eigenvalue weighted by atomic mass is 16.3. The lowest BCUT2D eigenvalue weighted by atomic mass is 9.97. The number of piperidine rings is 1. The van der Waals surface area contributed by atoms with Crippen molar-refractivity contribution in [1.29, 1.82) is 0 Å². The fourth-order valence-electron chi connectivity index (χ4n) is 2.63. The normalized spacial score (nSPS) is 17.9. The molecule has 0 aromatic carbocycles. The average molecular weight is 288 g/mol. The van der Waals surface area contributed by atoms with E-state index in [0.29, 0.717) is 11.6 Å². The first kappa shape index (κ1) is 13.9. The maximum Gasteiger partial charge on any atom is 0.225 e. The molecule has 21 heavy (non-hydrogen) atoms. The molecule has 1 fully saturated rings. The third-order valence-corrected chi connectivity index (χ3v) is 3.88. The summed E-state index contributed by atoms with van der Waals surface area (Å²) >= 11 is 0. The Kier molecular flexibility index (Phi) is 4.10. The highest BCUT2D eigenvalue weighted by Crippen LogP contribution is 2.21. The summed E-state index contributed by atoms with van der Waals surface area (Å²) in [5.41, 5.74) is 0.630. The van der Waals surface area contributed by atoms with Crippen LogP contribution in [0.15, 0.2) is 24.7 Å². The number of hydrogen-bond donors (Lipinski definition) is 1. The van der Waals surface area contributed by atoms with Crippen molar-refractivity contribution in [2.24, 2.45) is 5.92 Å². The zero-order valence-corrected chi connectivity index (χ0v) is 12.1. The van der Waals surface area contributed by atoms with Crippen LogP contribution in [0.3, 0.4) is 0 Å². The van der Waals surface area contributed by atoms with Crippen LogP contribution in [-0.2, 0) is 6.54 Å². The molecule has 0 bridgehead atoms. The second-order valence-corrected chi connectivity index (χ2v) is 5.52. The smallest absolute Gasteiger partial charge is 0.225 e. The van der Waals surface area contributed by atoms with Gasteiger partial charge in [-0.25, -0.2) is 9.97 Å². The van der Waals surface area contributed by atoms with Crippen LogP contribution in [0.5, 0.6) is 0 Å². The second kappa shape index (κ2) is 6.17. The van der Waals surface area contributed by atoms with E-state index in [1.807, 2.05) is 16.9 Å². The molecule has 0 spiro atoms. The van der Waals surface area contributed by atoms with E-state index in [2.05, 4.69) is 25.2 Å². The molecular formula is C14H20N6O. The third-order valence-electron chi connectivity index (χ3n) is 3.88. The quantitative estimate of drug-likeness (QED) is 0.905. The molecule has 2 aromatic rings. The van der Waals surface area contributed by atoms with Gasteiger partial charge in [-0.1, -0.05) is 5.21 Å². The zero-order chi connectivity index (χ0) is 14.7. The van der Waals surface area contributed by atoms with Crippen LogP contribution in [0, 0.1) is 5.92 Å². The number of aliphatic hydroxyl groups is 1. The van der Waals surface area contributed by atoms with Gasteiger partial charge in [0.15, 0.2) is 0 Å². The van der Waals surface area contributed by atoms with E-state index in [1.165, 1.54) is 0 Å². The number of aliphatic hydroxyl groups excluding tert-OH is 1. The lowest BCUT2D eigenvalue weighted by Gasteiger charge is -2.31. The molecule has 0 aliphatic carbocycles. The van der Waals surface area contributed by atoms with Gasteiger partial charge in [-0.05, 0) is 31.7 Å². The number of hydrogen-bond acceptors (Lipinski definition) is 6. The molecule has 0 radical (unpaired) electrons. The summed E-state index contributed by atoms with van der Waals surface area (Å²) in [5.74, 6) is 1.39. The van der Waals surface area contributed by atoms with Crippen molar-refractivity contribution in [1.82, 2.24) is 25.0 Å². The summed E-state index contributed by atoms with van der Waals surface area (Å²) in [6.07, 6.45) is 7.00. The van der Waals surface area contributed by atoms with Crippen molar-refractivity contribution >= 4 is 5.95 Å². The molecule has 2 aromatic heterocycles. The topological polar surface area (TPSA) is 80.0 Å². The molecule has 112 valence electrons. The maximum atomic E-state index is 9.47. The summed E-state index contributed by atoms with van der Waals surface area (Å²) in [5, 5.41) is 17.5. The van der Waals surface area contributed by atoms with Crippen molar-refractivity contribution in [3.8, 4) is 0 Å². The maximum absolute atomic E-state index is 9.47. The van der Waals surface area contributed by atoms with Crippen molar-refractivity contribution in [3.05, 3.63) is 30.4 Å². The van der Waals surface area contributed by atoms with Gasteiger partial charge >= 0.3 is 0 Å². The van der Waals surface area contributed by atoms with Gasteiger partial charge in [-0.2, -0.15) is 0 Å². The van der Waals surface area contributed by atoms with Gasteiger partial charge in [0.2, 0.25) is 5.95 Å². The van der Waals surface area contributed by atoms with E-state index in [0.717, 1.165) is 38.4 Å². The standard InChI is InChI=1S/C14H20N6O/c1-11(21)13-10-20(18-17-13)9-12-3-7-19(8-4-12)14-15-5-2-6-16-14/h2,5-6,10-12,21H,3-4,7-9H2,1H3/t11-/m0/s1. The molecule has 0 amide bonds. The van der Waals surface area contributed by atoms with Crippen molar-refractivity contribution < 1.29 is 5.11 Å². The van der Waals surface area contributed by atoms with Crippen LogP contribution in [0.25, 0.3) is 0 Å². The lowest BCUT2D eigenvalue weighted by molar-refractivity contribution is 0.194. The molecule has 1 N–H and O–H groups in total. The molecule has 0 saturated carbocycles. The number of nitrogens with zero attached hydrogens (tertiary/aromatic N) is 6. The molecule has 7 heteroatoms. The molecule has 0 unspecified atom stereocenters. The second-order valence-electron chi connectivity index (χ2n) is 5.52. The van der Waals surface area contributed by atoms with Crippen LogP contribution in [0.1, 0.15) is 31.6 Å². The Morgan fingerprint density at radius 1 is 1.29 bits per heavy atom. The Bertz CT molecular complexity index is 562. The van der Waals surface area contributed by atoms with Crippen LogP contribution < -0.4 is 4.90 Å². The summed E-state index contributed by atoms with van der Waals surface area (Å²) < 4.78 is 1.83. The Morgan fingerprint density at radius 2 is 2.00 bits per heavy atom. The number of aromatic nitrogens is 5. The summed E-state index contributed by atoms with van der Waals surface area (Å²) in [6, 6.07) is 1.83. The SMILES string of the molecule is C[C@H](O)c1cn(CC2CCN(c3ncccn3)CC2)nn1. The van der Waals surface area contributed by atoms with Gasteiger partial charge in [-0.15, -0.1) is 5.10 Å². The van der Waals surface area contributed by atoms with Gasteiger partial charge < -0.3 is 10.0 Å². The summed E-state index contributed by atoms with van der Waals surface area (Å²) in [6.45, 7) is 4.48. The minimum absolute atomic E-state index is 0.559. The van der Waals surface area contributed by atoms with Crippen LogP contribution in [-0.4, -0.2) is 43.2 Å². The van der Waals surface area contributed by atoms with Gasteiger partial charge in [0.25, 0.3) is 0 Å². The largest absolute Gasteiger partial charge is 0.387 e. The third kappa shape index (κ3) is 3.36. The molecule has 1 atom stereocenters. The van der Waals surface area contributed by atoms with Crippen LogP contribution in [0.2, 0.25) is 0 Å². The van der Waals surface area contributed by atoms with Crippen molar-refractivity contribution in [2.45, 2.75) is 32.4 Å². The Labute approximate surface area is 123 Å². The Morgan fingerprint density at radius 3 is 2.62 bits per heavy atom. The van der Waals surface area contributed by atoms with E-state index < -0.39 is 6.10 Å². The van der Waals surface area contributed by atoms with Gasteiger partial charge in [-0.3, -0.25) is 4.68 Å². The van der Waals surface area contributed by atoms with Crippen molar-refractivity contribution in [2.75, 3.05) is 18.0 Å². The minimum atomic E-state index is -0.559. The van der Waals surface area contributed by atoms with Gasteiger partial charge in [0.1, 0.15) is 5.69 Å². The summed E-state index contributed by atoms with van der Waals surface area (Å²) in [7, 11) is 0. The lowest BCUT2D eigenvalue weighted by Crippen LogP contribution is -2.36. The fourth-order valence-corrected chi connectivity index (χ4v) is 2.63.